The monoisotopic (exact) mass is 338 g/mol. The molecule has 0 aliphatic carbocycles. The fourth-order valence-corrected chi connectivity index (χ4v) is 2.42. The molecule has 0 saturated carbocycles. The van der Waals surface area contributed by atoms with E-state index in [4.69, 9.17) is 16.3 Å². The van der Waals surface area contributed by atoms with Crippen LogP contribution in [0.25, 0.3) is 10.9 Å². The van der Waals surface area contributed by atoms with E-state index in [9.17, 15) is 10.1 Å². The molecule has 2 aromatic carbocycles. The Morgan fingerprint density at radius 1 is 1.21 bits per heavy atom. The van der Waals surface area contributed by atoms with Crippen molar-refractivity contribution >= 4 is 28.5 Å². The van der Waals surface area contributed by atoms with Crippen LogP contribution in [0.2, 0.25) is 5.02 Å². The molecule has 0 unspecified atom stereocenters. The second-order valence-electron chi connectivity index (χ2n) is 4.90. The van der Waals surface area contributed by atoms with Gasteiger partial charge in [-0.05, 0) is 36.4 Å². The highest BCUT2D eigenvalue weighted by molar-refractivity contribution is 6.31. The standard InChI is InChI=1S/C18H11ClN2O3/c1-23-18(22)11-3-2-4-14(7-11)24-17-8-12(10-20)15-9-13(19)5-6-16(15)21-17/h2-9H,1H3. The van der Waals surface area contributed by atoms with Crippen molar-refractivity contribution in [2.24, 2.45) is 0 Å². The number of halogens is 1. The van der Waals surface area contributed by atoms with E-state index in [0.29, 0.717) is 32.8 Å². The molecule has 0 aliphatic heterocycles. The molecule has 0 spiro atoms. The molecule has 3 aromatic rings. The van der Waals surface area contributed by atoms with E-state index in [0.717, 1.165) is 0 Å². The van der Waals surface area contributed by atoms with E-state index in [1.54, 1.807) is 42.5 Å². The molecule has 1 aromatic heterocycles. The van der Waals surface area contributed by atoms with Gasteiger partial charge in [-0.25, -0.2) is 9.78 Å². The van der Waals surface area contributed by atoms with Crippen LogP contribution in [0.4, 0.5) is 0 Å². The van der Waals surface area contributed by atoms with Crippen molar-refractivity contribution < 1.29 is 14.3 Å². The molecule has 1 heterocycles. The molecule has 3 rings (SSSR count). The summed E-state index contributed by atoms with van der Waals surface area (Å²) in [6.45, 7) is 0. The van der Waals surface area contributed by atoms with Crippen molar-refractivity contribution in [2.45, 2.75) is 0 Å². The number of pyridine rings is 1. The van der Waals surface area contributed by atoms with Gasteiger partial charge in [0.1, 0.15) is 11.8 Å². The molecule has 0 aliphatic rings. The second kappa shape index (κ2) is 6.57. The third kappa shape index (κ3) is 3.14. The molecule has 0 radical (unpaired) electrons. The Bertz CT molecular complexity index is 980. The van der Waals surface area contributed by atoms with Gasteiger partial charge in [0.15, 0.2) is 0 Å². The summed E-state index contributed by atoms with van der Waals surface area (Å²) in [5, 5.41) is 10.5. The van der Waals surface area contributed by atoms with Crippen LogP contribution in [-0.4, -0.2) is 18.1 Å². The van der Waals surface area contributed by atoms with Gasteiger partial charge in [-0.15, -0.1) is 0 Å². The Morgan fingerprint density at radius 3 is 2.79 bits per heavy atom. The Kier molecular flexibility index (Phi) is 4.32. The number of nitrogens with zero attached hydrogens (tertiary/aromatic N) is 2. The third-order valence-electron chi connectivity index (χ3n) is 3.35. The molecular formula is C18H11ClN2O3. The number of hydrogen-bond acceptors (Lipinski definition) is 5. The number of rotatable bonds is 3. The molecule has 0 saturated heterocycles. The molecule has 24 heavy (non-hydrogen) atoms. The average Bonchev–Trinajstić information content (AvgIpc) is 2.61. The fraction of sp³-hybridized carbons (Fsp3) is 0.0556. The van der Waals surface area contributed by atoms with Crippen molar-refractivity contribution in [1.82, 2.24) is 4.98 Å². The number of carbonyl (C=O) groups is 1. The molecule has 0 fully saturated rings. The van der Waals surface area contributed by atoms with Gasteiger partial charge in [-0.3, -0.25) is 0 Å². The van der Waals surface area contributed by atoms with Crippen LogP contribution in [0.5, 0.6) is 11.6 Å². The second-order valence-corrected chi connectivity index (χ2v) is 5.34. The Morgan fingerprint density at radius 2 is 2.04 bits per heavy atom. The van der Waals surface area contributed by atoms with E-state index in [-0.39, 0.29) is 5.88 Å². The third-order valence-corrected chi connectivity index (χ3v) is 3.58. The smallest absolute Gasteiger partial charge is 0.337 e. The number of carbonyl (C=O) groups excluding carboxylic acids is 1. The summed E-state index contributed by atoms with van der Waals surface area (Å²) < 4.78 is 10.4. The quantitative estimate of drug-likeness (QED) is 0.664. The lowest BCUT2D eigenvalue weighted by Crippen LogP contribution is -2.01. The lowest BCUT2D eigenvalue weighted by Gasteiger charge is -2.08. The largest absolute Gasteiger partial charge is 0.465 e. The maximum Gasteiger partial charge on any atom is 0.337 e. The molecule has 6 heteroatoms. The Hall–Kier alpha value is -3.10. The minimum atomic E-state index is -0.459. The molecule has 118 valence electrons. The van der Waals surface area contributed by atoms with Crippen LogP contribution in [0.1, 0.15) is 15.9 Å². The fourth-order valence-electron chi connectivity index (χ4n) is 2.24. The van der Waals surface area contributed by atoms with Gasteiger partial charge in [0.2, 0.25) is 5.88 Å². The number of fused-ring (bicyclic) bond motifs is 1. The summed E-state index contributed by atoms with van der Waals surface area (Å²) in [6.07, 6.45) is 0. The van der Waals surface area contributed by atoms with Gasteiger partial charge in [-0.1, -0.05) is 17.7 Å². The molecule has 0 bridgehead atoms. The SMILES string of the molecule is COC(=O)c1cccc(Oc2cc(C#N)c3cc(Cl)ccc3n2)c1. The van der Waals surface area contributed by atoms with Crippen LogP contribution in [0, 0.1) is 11.3 Å². The first-order valence-electron chi connectivity index (χ1n) is 6.97. The van der Waals surface area contributed by atoms with E-state index >= 15 is 0 Å². The first-order valence-corrected chi connectivity index (χ1v) is 7.35. The maximum absolute atomic E-state index is 11.6. The molecule has 0 atom stereocenters. The van der Waals surface area contributed by atoms with Crippen molar-refractivity contribution in [3.05, 3.63) is 64.7 Å². The summed E-state index contributed by atoms with van der Waals surface area (Å²) in [4.78, 5) is 15.9. The van der Waals surface area contributed by atoms with E-state index in [2.05, 4.69) is 15.8 Å². The van der Waals surface area contributed by atoms with Crippen molar-refractivity contribution in [2.75, 3.05) is 7.11 Å². The topological polar surface area (TPSA) is 72.2 Å². The Labute approximate surface area is 143 Å². The minimum absolute atomic E-state index is 0.253. The average molecular weight is 339 g/mol. The van der Waals surface area contributed by atoms with Crippen molar-refractivity contribution in [1.29, 1.82) is 5.26 Å². The first kappa shape index (κ1) is 15.8. The van der Waals surface area contributed by atoms with E-state index < -0.39 is 5.97 Å². The highest BCUT2D eigenvalue weighted by atomic mass is 35.5. The summed E-state index contributed by atoms with van der Waals surface area (Å²) in [5.41, 5.74) is 1.36. The number of ether oxygens (including phenoxy) is 2. The zero-order valence-electron chi connectivity index (χ0n) is 12.6. The first-order chi connectivity index (χ1) is 11.6. The number of methoxy groups -OCH3 is 1. The molecule has 0 N–H and O–H groups in total. The van der Waals surface area contributed by atoms with Crippen LogP contribution in [-0.2, 0) is 4.74 Å². The lowest BCUT2D eigenvalue weighted by atomic mass is 10.1. The Balaban J connectivity index is 2.00. The van der Waals surface area contributed by atoms with Crippen LogP contribution in [0.3, 0.4) is 0 Å². The maximum atomic E-state index is 11.6. The van der Waals surface area contributed by atoms with Crippen LogP contribution >= 0.6 is 11.6 Å². The molecule has 5 nitrogen and oxygen atoms in total. The number of esters is 1. The van der Waals surface area contributed by atoms with Gasteiger partial charge < -0.3 is 9.47 Å². The predicted octanol–water partition coefficient (Wildman–Crippen LogP) is 4.34. The zero-order chi connectivity index (χ0) is 17.1. The number of hydrogen-bond donors (Lipinski definition) is 0. The minimum Gasteiger partial charge on any atom is -0.465 e. The molecular weight excluding hydrogens is 328 g/mol. The summed E-state index contributed by atoms with van der Waals surface area (Å²) in [5.74, 6) is 0.213. The summed E-state index contributed by atoms with van der Waals surface area (Å²) >= 11 is 5.97. The van der Waals surface area contributed by atoms with Gasteiger partial charge in [-0.2, -0.15) is 5.26 Å². The summed E-state index contributed by atoms with van der Waals surface area (Å²) in [6, 6.07) is 15.3. The van der Waals surface area contributed by atoms with Gasteiger partial charge >= 0.3 is 5.97 Å². The van der Waals surface area contributed by atoms with E-state index in [1.165, 1.54) is 13.2 Å². The van der Waals surface area contributed by atoms with Crippen LogP contribution < -0.4 is 4.74 Å². The highest BCUT2D eigenvalue weighted by Gasteiger charge is 2.10. The predicted molar refractivity (Wildman–Crippen MR) is 89.3 cm³/mol. The normalized spacial score (nSPS) is 10.2. The molecule has 0 amide bonds. The summed E-state index contributed by atoms with van der Waals surface area (Å²) in [7, 11) is 1.31. The van der Waals surface area contributed by atoms with Crippen LogP contribution in [0.15, 0.2) is 48.5 Å². The lowest BCUT2D eigenvalue weighted by molar-refractivity contribution is 0.0600. The highest BCUT2D eigenvalue weighted by Crippen LogP contribution is 2.27. The van der Waals surface area contributed by atoms with E-state index in [1.807, 2.05) is 0 Å². The van der Waals surface area contributed by atoms with Gasteiger partial charge in [0.05, 0.1) is 23.8 Å². The zero-order valence-corrected chi connectivity index (χ0v) is 13.4. The van der Waals surface area contributed by atoms with Crippen molar-refractivity contribution in [3.63, 3.8) is 0 Å². The van der Waals surface area contributed by atoms with Crippen molar-refractivity contribution in [3.8, 4) is 17.7 Å². The number of aromatic nitrogens is 1. The van der Waals surface area contributed by atoms with Gasteiger partial charge in [0, 0.05) is 16.5 Å². The number of nitriles is 1. The van der Waals surface area contributed by atoms with Gasteiger partial charge in [0.25, 0.3) is 0 Å². The number of benzene rings is 2.